The van der Waals surface area contributed by atoms with Gasteiger partial charge in [0.05, 0.1) is 22.8 Å². The van der Waals surface area contributed by atoms with Gasteiger partial charge in [0.15, 0.2) is 0 Å². The van der Waals surface area contributed by atoms with E-state index in [1.54, 1.807) is 0 Å². The van der Waals surface area contributed by atoms with Gasteiger partial charge in [0.1, 0.15) is 5.82 Å². The van der Waals surface area contributed by atoms with E-state index in [1.165, 1.54) is 11.0 Å². The molecule has 0 saturated carbocycles. The summed E-state index contributed by atoms with van der Waals surface area (Å²) in [6.07, 6.45) is 0. The van der Waals surface area contributed by atoms with Crippen molar-refractivity contribution < 1.29 is 14.0 Å². The molecule has 3 rings (SSSR count). The SMILES string of the molecule is Cc1cccc(CN2C(=O)C(=O)c3cc(Cl)c(F)cc32)c1. The Kier molecular flexibility index (Phi) is 3.26. The van der Waals surface area contributed by atoms with Crippen LogP contribution in [0.3, 0.4) is 0 Å². The number of Topliss-reactive ketones (excluding diaryl/α,β-unsaturated/α-hetero) is 1. The van der Waals surface area contributed by atoms with E-state index >= 15 is 0 Å². The van der Waals surface area contributed by atoms with Crippen molar-refractivity contribution in [3.05, 3.63) is 63.9 Å². The quantitative estimate of drug-likeness (QED) is 0.796. The topological polar surface area (TPSA) is 37.4 Å². The van der Waals surface area contributed by atoms with E-state index in [1.807, 2.05) is 31.2 Å². The number of fused-ring (bicyclic) bond motifs is 1. The van der Waals surface area contributed by atoms with Crippen LogP contribution in [-0.4, -0.2) is 11.7 Å². The number of anilines is 1. The Morgan fingerprint density at radius 3 is 2.67 bits per heavy atom. The smallest absolute Gasteiger partial charge is 0.299 e. The lowest BCUT2D eigenvalue weighted by Crippen LogP contribution is -2.29. The molecule has 1 amide bonds. The Morgan fingerprint density at radius 1 is 1.19 bits per heavy atom. The van der Waals surface area contributed by atoms with Crippen molar-refractivity contribution in [1.29, 1.82) is 0 Å². The first-order chi connectivity index (χ1) is 9.97. The van der Waals surface area contributed by atoms with E-state index in [2.05, 4.69) is 0 Å². The summed E-state index contributed by atoms with van der Waals surface area (Å²) in [5.74, 6) is -1.96. The monoisotopic (exact) mass is 303 g/mol. The van der Waals surface area contributed by atoms with Gasteiger partial charge in [-0.15, -0.1) is 0 Å². The summed E-state index contributed by atoms with van der Waals surface area (Å²) >= 11 is 5.68. The number of aryl methyl sites for hydroxylation is 1. The number of rotatable bonds is 2. The average Bonchev–Trinajstić information content (AvgIpc) is 2.65. The second kappa shape index (κ2) is 4.97. The van der Waals surface area contributed by atoms with Gasteiger partial charge >= 0.3 is 0 Å². The van der Waals surface area contributed by atoms with Crippen LogP contribution in [0.4, 0.5) is 10.1 Å². The predicted molar refractivity (Wildman–Crippen MR) is 78.1 cm³/mol. The van der Waals surface area contributed by atoms with Crippen molar-refractivity contribution in [3.63, 3.8) is 0 Å². The van der Waals surface area contributed by atoms with E-state index in [0.717, 1.165) is 17.2 Å². The van der Waals surface area contributed by atoms with Crippen LogP contribution in [0.15, 0.2) is 36.4 Å². The van der Waals surface area contributed by atoms with E-state index in [9.17, 15) is 14.0 Å². The molecule has 3 nitrogen and oxygen atoms in total. The summed E-state index contributed by atoms with van der Waals surface area (Å²) in [6, 6.07) is 9.93. The Morgan fingerprint density at radius 2 is 1.95 bits per heavy atom. The molecule has 0 spiro atoms. The van der Waals surface area contributed by atoms with Crippen LogP contribution in [-0.2, 0) is 11.3 Å². The Labute approximate surface area is 125 Å². The van der Waals surface area contributed by atoms with Crippen LogP contribution in [0.1, 0.15) is 21.5 Å². The molecule has 0 bridgehead atoms. The molecule has 0 aromatic heterocycles. The molecule has 0 saturated heterocycles. The summed E-state index contributed by atoms with van der Waals surface area (Å²) in [4.78, 5) is 25.3. The molecule has 2 aromatic carbocycles. The zero-order valence-corrected chi connectivity index (χ0v) is 11.9. The summed E-state index contributed by atoms with van der Waals surface area (Å²) < 4.78 is 13.6. The molecule has 0 aliphatic carbocycles. The van der Waals surface area contributed by atoms with Gasteiger partial charge in [-0.05, 0) is 24.6 Å². The molecule has 0 radical (unpaired) electrons. The summed E-state index contributed by atoms with van der Waals surface area (Å²) in [5.41, 5.74) is 2.35. The molecule has 1 aliphatic heterocycles. The first-order valence-corrected chi connectivity index (χ1v) is 6.76. The lowest BCUT2D eigenvalue weighted by Gasteiger charge is -2.17. The molecule has 2 aromatic rings. The van der Waals surface area contributed by atoms with E-state index < -0.39 is 17.5 Å². The van der Waals surface area contributed by atoms with Gasteiger partial charge in [-0.3, -0.25) is 9.59 Å². The molecule has 1 aliphatic rings. The zero-order chi connectivity index (χ0) is 15.1. The van der Waals surface area contributed by atoms with Gasteiger partial charge in [-0.25, -0.2) is 4.39 Å². The second-order valence-electron chi connectivity index (χ2n) is 4.99. The molecular formula is C16H11ClFNO2. The van der Waals surface area contributed by atoms with E-state index in [-0.39, 0.29) is 22.8 Å². The number of ketones is 1. The summed E-state index contributed by atoms with van der Waals surface area (Å²) in [5, 5.41) is -0.160. The molecule has 1 heterocycles. The summed E-state index contributed by atoms with van der Waals surface area (Å²) in [6.45, 7) is 2.16. The third-order valence-corrected chi connectivity index (χ3v) is 3.73. The van der Waals surface area contributed by atoms with Crippen molar-refractivity contribution in [1.82, 2.24) is 0 Å². The van der Waals surface area contributed by atoms with Crippen LogP contribution >= 0.6 is 11.6 Å². The van der Waals surface area contributed by atoms with Crippen LogP contribution in [0.25, 0.3) is 0 Å². The van der Waals surface area contributed by atoms with Crippen LogP contribution in [0.2, 0.25) is 5.02 Å². The number of halogens is 2. The van der Waals surface area contributed by atoms with Crippen LogP contribution in [0.5, 0.6) is 0 Å². The van der Waals surface area contributed by atoms with E-state index in [0.29, 0.717) is 0 Å². The number of hydrogen-bond acceptors (Lipinski definition) is 2. The third-order valence-electron chi connectivity index (χ3n) is 3.44. The number of hydrogen-bond donors (Lipinski definition) is 0. The highest BCUT2D eigenvalue weighted by Crippen LogP contribution is 2.34. The highest BCUT2D eigenvalue weighted by molar-refractivity contribution is 6.52. The van der Waals surface area contributed by atoms with Gasteiger partial charge in [0, 0.05) is 0 Å². The Balaban J connectivity index is 2.03. The number of nitrogens with zero attached hydrogens (tertiary/aromatic N) is 1. The molecule has 21 heavy (non-hydrogen) atoms. The summed E-state index contributed by atoms with van der Waals surface area (Å²) in [7, 11) is 0. The molecular weight excluding hydrogens is 293 g/mol. The number of benzene rings is 2. The lowest BCUT2D eigenvalue weighted by molar-refractivity contribution is -0.114. The fraction of sp³-hybridized carbons (Fsp3) is 0.125. The van der Waals surface area contributed by atoms with Gasteiger partial charge in [-0.2, -0.15) is 0 Å². The van der Waals surface area contributed by atoms with Gasteiger partial charge < -0.3 is 4.90 Å². The predicted octanol–water partition coefficient (Wildman–Crippen LogP) is 3.52. The van der Waals surface area contributed by atoms with Crippen LogP contribution < -0.4 is 4.90 Å². The number of carbonyl (C=O) groups is 2. The van der Waals surface area contributed by atoms with Crippen molar-refractivity contribution in [2.45, 2.75) is 13.5 Å². The molecule has 0 atom stereocenters. The van der Waals surface area contributed by atoms with Crippen molar-refractivity contribution in [2.24, 2.45) is 0 Å². The first kappa shape index (κ1) is 13.8. The normalized spacial score (nSPS) is 13.8. The number of amides is 1. The van der Waals surface area contributed by atoms with Gasteiger partial charge in [0.25, 0.3) is 11.7 Å². The minimum absolute atomic E-state index is 0.152. The Bertz CT molecular complexity index is 773. The van der Waals surface area contributed by atoms with Crippen molar-refractivity contribution in [2.75, 3.05) is 4.90 Å². The molecule has 5 heteroatoms. The maximum atomic E-state index is 13.6. The van der Waals surface area contributed by atoms with E-state index in [4.69, 9.17) is 11.6 Å². The number of carbonyl (C=O) groups excluding carboxylic acids is 2. The zero-order valence-electron chi connectivity index (χ0n) is 11.2. The highest BCUT2D eigenvalue weighted by Gasteiger charge is 2.36. The standard InChI is InChI=1S/C16H11ClFNO2/c1-9-3-2-4-10(5-9)8-19-14-7-13(18)12(17)6-11(14)15(20)16(19)21/h2-7H,8H2,1H3. The van der Waals surface area contributed by atoms with Gasteiger partial charge in [0.2, 0.25) is 0 Å². The molecule has 106 valence electrons. The average molecular weight is 304 g/mol. The van der Waals surface area contributed by atoms with Gasteiger partial charge in [-0.1, -0.05) is 41.4 Å². The third kappa shape index (κ3) is 2.32. The fourth-order valence-electron chi connectivity index (χ4n) is 2.44. The highest BCUT2D eigenvalue weighted by atomic mass is 35.5. The molecule has 0 unspecified atom stereocenters. The lowest BCUT2D eigenvalue weighted by atomic mass is 10.1. The Hall–Kier alpha value is -2.20. The fourth-order valence-corrected chi connectivity index (χ4v) is 2.60. The second-order valence-corrected chi connectivity index (χ2v) is 5.40. The molecule has 0 N–H and O–H groups in total. The minimum Gasteiger partial charge on any atom is -0.300 e. The minimum atomic E-state index is -0.659. The van der Waals surface area contributed by atoms with Crippen molar-refractivity contribution in [3.8, 4) is 0 Å². The maximum absolute atomic E-state index is 13.6. The van der Waals surface area contributed by atoms with Crippen LogP contribution in [0, 0.1) is 12.7 Å². The largest absolute Gasteiger partial charge is 0.300 e. The maximum Gasteiger partial charge on any atom is 0.299 e. The van der Waals surface area contributed by atoms with Crippen molar-refractivity contribution >= 4 is 29.0 Å². The first-order valence-electron chi connectivity index (χ1n) is 6.38. The molecule has 0 fully saturated rings.